The van der Waals surface area contributed by atoms with Crippen molar-refractivity contribution in [1.29, 1.82) is 0 Å². The lowest BCUT2D eigenvalue weighted by Crippen LogP contribution is -1.94. The molecule has 0 unspecified atom stereocenters. The van der Waals surface area contributed by atoms with Gasteiger partial charge in [-0.15, -0.1) is 0 Å². The molecule has 0 aliphatic carbocycles. The smallest absolute Gasteiger partial charge is 0.231 e. The molecule has 2 heterocycles. The quantitative estimate of drug-likeness (QED) is 0.184. The molecule has 0 bridgehead atoms. The summed E-state index contributed by atoms with van der Waals surface area (Å²) in [6.45, 7) is 0. The SMILES string of the molecule is c1ccc(-c2cc(-c3ccccc3)cc(-c3cccc(-c4cccc(-c5nc(-c6ccccc6)c6c(n5)oc5ccccc56)c4)c3)c2)cc1. The normalized spacial score (nSPS) is 11.3. The van der Waals surface area contributed by atoms with E-state index < -0.39 is 0 Å². The zero-order chi connectivity index (χ0) is 32.6. The molecule has 3 heteroatoms. The first-order chi connectivity index (χ1) is 24.3. The van der Waals surface area contributed by atoms with E-state index in [9.17, 15) is 0 Å². The van der Waals surface area contributed by atoms with Crippen molar-refractivity contribution in [3.8, 4) is 67.2 Å². The molecule has 0 fully saturated rings. The molecule has 3 nitrogen and oxygen atoms in total. The minimum Gasteiger partial charge on any atom is -0.438 e. The van der Waals surface area contributed by atoms with Gasteiger partial charge < -0.3 is 4.42 Å². The Hall–Kier alpha value is -6.58. The third-order valence-electron chi connectivity index (χ3n) is 9.08. The number of furan rings is 1. The van der Waals surface area contributed by atoms with Crippen LogP contribution in [0, 0.1) is 0 Å². The van der Waals surface area contributed by atoms with Gasteiger partial charge in [-0.3, -0.25) is 0 Å². The number of hydrogen-bond donors (Lipinski definition) is 0. The lowest BCUT2D eigenvalue weighted by Gasteiger charge is -2.13. The summed E-state index contributed by atoms with van der Waals surface area (Å²) in [5.41, 5.74) is 13.5. The molecule has 2 aromatic heterocycles. The molecule has 230 valence electrons. The van der Waals surface area contributed by atoms with E-state index in [2.05, 4.69) is 146 Å². The maximum atomic E-state index is 6.29. The third-order valence-corrected chi connectivity index (χ3v) is 9.08. The van der Waals surface area contributed by atoms with Crippen LogP contribution in [-0.4, -0.2) is 9.97 Å². The first kappa shape index (κ1) is 28.6. The maximum Gasteiger partial charge on any atom is 0.231 e. The third kappa shape index (κ3) is 5.48. The molecule has 0 aliphatic heterocycles. The van der Waals surface area contributed by atoms with Crippen LogP contribution in [0.4, 0.5) is 0 Å². The molecule has 49 heavy (non-hydrogen) atoms. The van der Waals surface area contributed by atoms with Crippen LogP contribution in [0.1, 0.15) is 0 Å². The number of nitrogens with zero attached hydrogens (tertiary/aromatic N) is 2. The standard InChI is InChI=1S/C46H30N2O/c1-4-14-31(15-5-1)38-28-39(32-16-6-2-7-17-32)30-40(29-38)36-22-12-20-34(26-36)35-21-13-23-37(27-35)45-47-44(33-18-8-3-9-19-33)43-41-24-10-11-25-42(41)49-46(43)48-45/h1-30H. The van der Waals surface area contributed by atoms with Crippen molar-refractivity contribution in [2.75, 3.05) is 0 Å². The second-order valence-electron chi connectivity index (χ2n) is 12.2. The highest BCUT2D eigenvalue weighted by Gasteiger charge is 2.18. The van der Waals surface area contributed by atoms with E-state index in [4.69, 9.17) is 14.4 Å². The Bertz CT molecular complexity index is 2530. The molecule has 9 aromatic rings. The van der Waals surface area contributed by atoms with Gasteiger partial charge >= 0.3 is 0 Å². The second-order valence-corrected chi connectivity index (χ2v) is 12.2. The van der Waals surface area contributed by atoms with Gasteiger partial charge in [0.15, 0.2) is 5.82 Å². The van der Waals surface area contributed by atoms with Gasteiger partial charge in [0.2, 0.25) is 5.71 Å². The summed E-state index contributed by atoms with van der Waals surface area (Å²) in [7, 11) is 0. The fourth-order valence-electron chi connectivity index (χ4n) is 6.66. The summed E-state index contributed by atoms with van der Waals surface area (Å²) < 4.78 is 6.29. The van der Waals surface area contributed by atoms with Gasteiger partial charge in [0.25, 0.3) is 0 Å². The lowest BCUT2D eigenvalue weighted by atomic mass is 9.92. The minimum atomic E-state index is 0.588. The first-order valence-electron chi connectivity index (χ1n) is 16.5. The molecule has 7 aromatic carbocycles. The van der Waals surface area contributed by atoms with Gasteiger partial charge in [-0.2, -0.15) is 4.98 Å². The Kier molecular flexibility index (Phi) is 7.14. The summed E-state index contributed by atoms with van der Waals surface area (Å²) in [5.74, 6) is 0.631. The van der Waals surface area contributed by atoms with Crippen LogP contribution in [0.5, 0.6) is 0 Å². The van der Waals surface area contributed by atoms with Crippen LogP contribution in [0.2, 0.25) is 0 Å². The summed E-state index contributed by atoms with van der Waals surface area (Å²) >= 11 is 0. The monoisotopic (exact) mass is 626 g/mol. The predicted molar refractivity (Wildman–Crippen MR) is 202 cm³/mol. The largest absolute Gasteiger partial charge is 0.438 e. The molecule has 0 aliphatic rings. The van der Waals surface area contributed by atoms with Crippen molar-refractivity contribution in [1.82, 2.24) is 9.97 Å². The molecular formula is C46H30N2O. The summed E-state index contributed by atoms with van der Waals surface area (Å²) in [4.78, 5) is 10.1. The topological polar surface area (TPSA) is 38.9 Å². The van der Waals surface area contributed by atoms with Crippen LogP contribution in [0.3, 0.4) is 0 Å². The molecule has 0 spiro atoms. The molecule has 0 saturated heterocycles. The number of para-hydroxylation sites is 1. The Morgan fingerprint density at radius 3 is 1.37 bits per heavy atom. The van der Waals surface area contributed by atoms with Crippen molar-refractivity contribution < 1.29 is 4.42 Å². The zero-order valence-corrected chi connectivity index (χ0v) is 26.6. The van der Waals surface area contributed by atoms with Gasteiger partial charge in [0.1, 0.15) is 5.58 Å². The molecule has 0 radical (unpaired) electrons. The van der Waals surface area contributed by atoms with E-state index in [0.29, 0.717) is 11.5 Å². The number of rotatable bonds is 6. The molecule has 0 atom stereocenters. The van der Waals surface area contributed by atoms with Gasteiger partial charge in [-0.25, -0.2) is 4.98 Å². The molecule has 0 saturated carbocycles. The number of fused-ring (bicyclic) bond motifs is 3. The fraction of sp³-hybridized carbons (Fsp3) is 0. The van der Waals surface area contributed by atoms with Crippen LogP contribution >= 0.6 is 0 Å². The fourth-order valence-corrected chi connectivity index (χ4v) is 6.66. The van der Waals surface area contributed by atoms with Gasteiger partial charge in [-0.05, 0) is 80.9 Å². The minimum absolute atomic E-state index is 0.588. The van der Waals surface area contributed by atoms with Crippen molar-refractivity contribution in [2.45, 2.75) is 0 Å². The summed E-state index contributed by atoms with van der Waals surface area (Å²) in [5, 5.41) is 1.95. The van der Waals surface area contributed by atoms with Crippen LogP contribution in [0.15, 0.2) is 186 Å². The predicted octanol–water partition coefficient (Wildman–Crippen LogP) is 12.4. The van der Waals surface area contributed by atoms with Gasteiger partial charge in [0.05, 0.1) is 11.1 Å². The average Bonchev–Trinajstić information content (AvgIpc) is 3.57. The zero-order valence-electron chi connectivity index (χ0n) is 26.6. The highest BCUT2D eigenvalue weighted by Crippen LogP contribution is 2.38. The number of benzene rings is 7. The van der Waals surface area contributed by atoms with Crippen molar-refractivity contribution in [2.24, 2.45) is 0 Å². The second kappa shape index (κ2) is 12.2. The van der Waals surface area contributed by atoms with E-state index in [1.165, 1.54) is 27.8 Å². The van der Waals surface area contributed by atoms with Crippen LogP contribution < -0.4 is 0 Å². The van der Waals surface area contributed by atoms with Crippen molar-refractivity contribution in [3.63, 3.8) is 0 Å². The average molecular weight is 627 g/mol. The van der Waals surface area contributed by atoms with Crippen molar-refractivity contribution in [3.05, 3.63) is 182 Å². The Balaban J connectivity index is 1.15. The number of aromatic nitrogens is 2. The van der Waals surface area contributed by atoms with Crippen molar-refractivity contribution >= 4 is 22.1 Å². The highest BCUT2D eigenvalue weighted by atomic mass is 16.3. The van der Waals surface area contributed by atoms with E-state index in [1.54, 1.807) is 0 Å². The van der Waals surface area contributed by atoms with Gasteiger partial charge in [0, 0.05) is 16.5 Å². The molecular weight excluding hydrogens is 597 g/mol. The van der Waals surface area contributed by atoms with Gasteiger partial charge in [-0.1, -0.05) is 146 Å². The molecule has 9 rings (SSSR count). The van der Waals surface area contributed by atoms with E-state index >= 15 is 0 Å². The van der Waals surface area contributed by atoms with E-state index in [0.717, 1.165) is 49.9 Å². The maximum absolute atomic E-state index is 6.29. The van der Waals surface area contributed by atoms with Crippen LogP contribution in [-0.2, 0) is 0 Å². The van der Waals surface area contributed by atoms with E-state index in [-0.39, 0.29) is 0 Å². The Morgan fingerprint density at radius 1 is 0.327 bits per heavy atom. The van der Waals surface area contributed by atoms with E-state index in [1.807, 2.05) is 36.4 Å². The molecule has 0 amide bonds. The highest BCUT2D eigenvalue weighted by molar-refractivity contribution is 6.10. The lowest BCUT2D eigenvalue weighted by molar-refractivity contribution is 0.653. The Morgan fingerprint density at radius 2 is 0.755 bits per heavy atom. The summed E-state index contributed by atoms with van der Waals surface area (Å²) in [6.07, 6.45) is 0. The Labute approximate surface area is 284 Å². The molecule has 0 N–H and O–H groups in total. The number of hydrogen-bond acceptors (Lipinski definition) is 3. The first-order valence-corrected chi connectivity index (χ1v) is 16.5. The summed E-state index contributed by atoms with van der Waals surface area (Å²) in [6, 6.07) is 63.6. The van der Waals surface area contributed by atoms with Crippen LogP contribution in [0.25, 0.3) is 89.2 Å².